The molecule has 0 saturated heterocycles. The first-order chi connectivity index (χ1) is 7.38. The molecule has 0 aliphatic heterocycles. The minimum Gasteiger partial charge on any atom is -0.467 e. The fourth-order valence-corrected chi connectivity index (χ4v) is 1.08. The van der Waals surface area contributed by atoms with Crippen molar-refractivity contribution in [3.05, 3.63) is 24.2 Å². The van der Waals surface area contributed by atoms with E-state index in [-0.39, 0.29) is 6.54 Å². The van der Waals surface area contributed by atoms with Gasteiger partial charge in [-0.15, -0.1) is 0 Å². The van der Waals surface area contributed by atoms with Crippen molar-refractivity contribution in [3.8, 4) is 0 Å². The highest BCUT2D eigenvalue weighted by Crippen LogP contribution is 2.12. The lowest BCUT2D eigenvalue weighted by molar-refractivity contribution is 0.0482. The summed E-state index contributed by atoms with van der Waals surface area (Å²) in [6.45, 7) is 5.38. The van der Waals surface area contributed by atoms with Crippen molar-refractivity contribution in [1.82, 2.24) is 5.32 Å². The smallest absolute Gasteiger partial charge is 0.407 e. The van der Waals surface area contributed by atoms with E-state index in [2.05, 4.69) is 5.32 Å². The molecule has 0 unspecified atom stereocenters. The molecule has 16 heavy (non-hydrogen) atoms. The van der Waals surface area contributed by atoms with Crippen LogP contribution in [-0.4, -0.2) is 23.3 Å². The molecule has 0 aliphatic carbocycles. The molecule has 1 aromatic heterocycles. The molecule has 0 saturated carbocycles. The Balaban J connectivity index is 2.32. The van der Waals surface area contributed by atoms with Gasteiger partial charge in [0.2, 0.25) is 0 Å². The molecule has 1 rings (SSSR count). The van der Waals surface area contributed by atoms with Crippen LogP contribution >= 0.6 is 0 Å². The first-order valence-corrected chi connectivity index (χ1v) is 5.07. The molecule has 1 amide bonds. The molecule has 0 fully saturated rings. The summed E-state index contributed by atoms with van der Waals surface area (Å²) in [5, 5.41) is 12.0. The molecule has 0 aromatic carbocycles. The molecule has 0 aliphatic rings. The van der Waals surface area contributed by atoms with Gasteiger partial charge in [-0.3, -0.25) is 0 Å². The van der Waals surface area contributed by atoms with Crippen LogP contribution in [0.25, 0.3) is 0 Å². The zero-order valence-electron chi connectivity index (χ0n) is 9.69. The average molecular weight is 227 g/mol. The predicted octanol–water partition coefficient (Wildman–Crippen LogP) is 1.84. The normalized spacial score (nSPS) is 13.2. The summed E-state index contributed by atoms with van der Waals surface area (Å²) in [6.07, 6.45) is 0.0482. The lowest BCUT2D eigenvalue weighted by Gasteiger charge is -2.20. The Morgan fingerprint density at radius 1 is 1.62 bits per heavy atom. The summed E-state index contributed by atoms with van der Waals surface area (Å²) in [4.78, 5) is 11.3. The molecule has 1 atom stereocenters. The van der Waals surface area contributed by atoms with Crippen molar-refractivity contribution in [2.24, 2.45) is 0 Å². The summed E-state index contributed by atoms with van der Waals surface area (Å²) in [5.41, 5.74) is -0.542. The zero-order chi connectivity index (χ0) is 12.2. The van der Waals surface area contributed by atoms with Crippen molar-refractivity contribution in [1.29, 1.82) is 0 Å². The highest BCUT2D eigenvalue weighted by atomic mass is 16.6. The molecule has 0 radical (unpaired) electrons. The topological polar surface area (TPSA) is 71.7 Å². The summed E-state index contributed by atoms with van der Waals surface area (Å²) < 4.78 is 10.0. The Labute approximate surface area is 94.4 Å². The number of amides is 1. The molecule has 90 valence electrons. The van der Waals surface area contributed by atoms with Gasteiger partial charge < -0.3 is 19.6 Å². The number of hydrogen-bond acceptors (Lipinski definition) is 4. The Morgan fingerprint density at radius 2 is 2.31 bits per heavy atom. The van der Waals surface area contributed by atoms with Gasteiger partial charge in [0.25, 0.3) is 0 Å². The largest absolute Gasteiger partial charge is 0.467 e. The van der Waals surface area contributed by atoms with E-state index in [9.17, 15) is 9.90 Å². The maximum absolute atomic E-state index is 11.3. The Kier molecular flexibility index (Phi) is 3.95. The van der Waals surface area contributed by atoms with E-state index in [1.807, 2.05) is 0 Å². The second kappa shape index (κ2) is 5.03. The standard InChI is InChI=1S/C11H17NO4/c1-11(2,3)16-10(14)12-7-8(13)9-5-4-6-15-9/h4-6,8,13H,7H2,1-3H3,(H,12,14)/t8-/m1/s1. The molecule has 0 bridgehead atoms. The average Bonchev–Trinajstić information content (AvgIpc) is 2.64. The number of aliphatic hydroxyl groups is 1. The van der Waals surface area contributed by atoms with Crippen LogP contribution < -0.4 is 5.32 Å². The summed E-state index contributed by atoms with van der Waals surface area (Å²) >= 11 is 0. The number of rotatable bonds is 3. The van der Waals surface area contributed by atoms with Crippen LogP contribution in [-0.2, 0) is 4.74 Å². The lowest BCUT2D eigenvalue weighted by atomic mass is 10.2. The van der Waals surface area contributed by atoms with Crippen molar-refractivity contribution >= 4 is 6.09 Å². The zero-order valence-corrected chi connectivity index (χ0v) is 9.69. The van der Waals surface area contributed by atoms with Gasteiger partial charge in [-0.25, -0.2) is 4.79 Å². The Morgan fingerprint density at radius 3 is 2.81 bits per heavy atom. The minimum atomic E-state index is -0.859. The van der Waals surface area contributed by atoms with Crippen LogP contribution in [0.4, 0.5) is 4.79 Å². The molecule has 5 heteroatoms. The lowest BCUT2D eigenvalue weighted by Crippen LogP contribution is -2.34. The minimum absolute atomic E-state index is 0.0580. The van der Waals surface area contributed by atoms with Crippen molar-refractivity contribution < 1.29 is 19.1 Å². The number of nitrogens with one attached hydrogen (secondary N) is 1. The number of alkyl carbamates (subject to hydrolysis) is 1. The number of ether oxygens (including phenoxy) is 1. The van der Waals surface area contributed by atoms with Gasteiger partial charge in [0.15, 0.2) is 0 Å². The Hall–Kier alpha value is -1.49. The van der Waals surface area contributed by atoms with Gasteiger partial charge in [-0.05, 0) is 32.9 Å². The molecule has 0 spiro atoms. The van der Waals surface area contributed by atoms with Gasteiger partial charge >= 0.3 is 6.09 Å². The van der Waals surface area contributed by atoms with Gasteiger partial charge in [0, 0.05) is 0 Å². The predicted molar refractivity (Wildman–Crippen MR) is 57.9 cm³/mol. The summed E-state index contributed by atoms with van der Waals surface area (Å²) in [5.74, 6) is 0.413. The van der Waals surface area contributed by atoms with E-state index in [1.165, 1.54) is 6.26 Å². The highest BCUT2D eigenvalue weighted by Gasteiger charge is 2.17. The van der Waals surface area contributed by atoms with Gasteiger partial charge in [-0.2, -0.15) is 0 Å². The second-order valence-corrected chi connectivity index (χ2v) is 4.41. The number of carbonyl (C=O) groups is 1. The molecule has 5 nitrogen and oxygen atoms in total. The molecule has 1 aromatic rings. The van der Waals surface area contributed by atoms with E-state index >= 15 is 0 Å². The van der Waals surface area contributed by atoms with Crippen LogP contribution in [0.15, 0.2) is 22.8 Å². The second-order valence-electron chi connectivity index (χ2n) is 4.41. The summed E-state index contributed by atoms with van der Waals surface area (Å²) in [6, 6.07) is 3.31. The van der Waals surface area contributed by atoms with Gasteiger partial charge in [-0.1, -0.05) is 0 Å². The van der Waals surface area contributed by atoms with E-state index in [4.69, 9.17) is 9.15 Å². The molecular formula is C11H17NO4. The van der Waals surface area contributed by atoms with Gasteiger partial charge in [0.1, 0.15) is 17.5 Å². The van der Waals surface area contributed by atoms with Gasteiger partial charge in [0.05, 0.1) is 12.8 Å². The summed E-state index contributed by atoms with van der Waals surface area (Å²) in [7, 11) is 0. The van der Waals surface area contributed by atoms with Crippen LogP contribution in [0.2, 0.25) is 0 Å². The van der Waals surface area contributed by atoms with Crippen molar-refractivity contribution in [2.75, 3.05) is 6.54 Å². The molecule has 1 heterocycles. The molecular weight excluding hydrogens is 210 g/mol. The van der Waals surface area contributed by atoms with E-state index in [1.54, 1.807) is 32.9 Å². The van der Waals surface area contributed by atoms with E-state index in [0.717, 1.165) is 0 Å². The van der Waals surface area contributed by atoms with Crippen LogP contribution in [0.3, 0.4) is 0 Å². The van der Waals surface area contributed by atoms with E-state index in [0.29, 0.717) is 5.76 Å². The number of hydrogen-bond donors (Lipinski definition) is 2. The fourth-order valence-electron chi connectivity index (χ4n) is 1.08. The fraction of sp³-hybridized carbons (Fsp3) is 0.545. The highest BCUT2D eigenvalue weighted by molar-refractivity contribution is 5.67. The number of carbonyl (C=O) groups excluding carboxylic acids is 1. The third-order valence-corrected chi connectivity index (χ3v) is 1.71. The maximum Gasteiger partial charge on any atom is 0.407 e. The maximum atomic E-state index is 11.3. The third-order valence-electron chi connectivity index (χ3n) is 1.71. The SMILES string of the molecule is CC(C)(C)OC(=O)NC[C@@H](O)c1ccco1. The number of furan rings is 1. The first kappa shape index (κ1) is 12.6. The third kappa shape index (κ3) is 4.35. The first-order valence-electron chi connectivity index (χ1n) is 5.07. The number of aliphatic hydroxyl groups excluding tert-OH is 1. The monoisotopic (exact) mass is 227 g/mol. The van der Waals surface area contributed by atoms with Crippen molar-refractivity contribution in [3.63, 3.8) is 0 Å². The quantitative estimate of drug-likeness (QED) is 0.826. The Bertz CT molecular complexity index is 326. The van der Waals surface area contributed by atoms with E-state index < -0.39 is 17.8 Å². The van der Waals surface area contributed by atoms with Crippen molar-refractivity contribution in [2.45, 2.75) is 32.5 Å². The van der Waals surface area contributed by atoms with Crippen LogP contribution in [0.1, 0.15) is 32.6 Å². The molecule has 2 N–H and O–H groups in total. The van der Waals surface area contributed by atoms with Crippen LogP contribution in [0.5, 0.6) is 0 Å². The van der Waals surface area contributed by atoms with Crippen LogP contribution in [0, 0.1) is 0 Å².